The number of thiazole rings is 1. The summed E-state index contributed by atoms with van der Waals surface area (Å²) < 4.78 is 5.29. The molecule has 1 atom stereocenters. The van der Waals surface area contributed by atoms with Crippen molar-refractivity contribution in [1.29, 1.82) is 0 Å². The van der Waals surface area contributed by atoms with Crippen LogP contribution in [0.1, 0.15) is 6.42 Å². The van der Waals surface area contributed by atoms with Crippen LogP contribution in [0, 0.1) is 5.92 Å². The van der Waals surface area contributed by atoms with E-state index in [4.69, 9.17) is 4.42 Å². The molecule has 0 radical (unpaired) electrons. The highest BCUT2D eigenvalue weighted by atomic mass is 32.1. The van der Waals surface area contributed by atoms with Crippen LogP contribution in [0.25, 0.3) is 11.5 Å². The summed E-state index contributed by atoms with van der Waals surface area (Å²) in [5.41, 5.74) is 0.773. The number of anilines is 1. The van der Waals surface area contributed by atoms with Gasteiger partial charge >= 0.3 is 0 Å². The van der Waals surface area contributed by atoms with E-state index in [-0.39, 0.29) is 11.8 Å². The van der Waals surface area contributed by atoms with Crippen LogP contribution in [-0.4, -0.2) is 17.4 Å². The van der Waals surface area contributed by atoms with Gasteiger partial charge in [-0.1, -0.05) is 6.08 Å². The van der Waals surface area contributed by atoms with Gasteiger partial charge in [0.2, 0.25) is 5.91 Å². The van der Waals surface area contributed by atoms with Crippen LogP contribution in [0.4, 0.5) is 5.13 Å². The Hall–Kier alpha value is -1.88. The van der Waals surface area contributed by atoms with Gasteiger partial charge in [-0.2, -0.15) is 0 Å². The Morgan fingerprint density at radius 1 is 1.61 bits per heavy atom. The maximum absolute atomic E-state index is 11.9. The number of carbonyl (C=O) groups is 1. The van der Waals surface area contributed by atoms with Crippen LogP contribution in [-0.2, 0) is 4.79 Å². The average molecular weight is 260 g/mol. The zero-order valence-corrected chi connectivity index (χ0v) is 10.5. The van der Waals surface area contributed by atoms with Gasteiger partial charge in [0.25, 0.3) is 0 Å². The molecule has 0 saturated carbocycles. The summed E-state index contributed by atoms with van der Waals surface area (Å²) in [6.07, 6.45) is 3.97. The quantitative estimate of drug-likeness (QED) is 0.797. The lowest BCUT2D eigenvalue weighted by atomic mass is 10.1. The van der Waals surface area contributed by atoms with E-state index in [1.54, 1.807) is 11.2 Å². The van der Waals surface area contributed by atoms with Crippen molar-refractivity contribution in [2.45, 2.75) is 6.42 Å². The smallest absolute Gasteiger partial charge is 0.229 e. The van der Waals surface area contributed by atoms with Gasteiger partial charge in [0, 0.05) is 24.3 Å². The third-order valence-corrected chi connectivity index (χ3v) is 3.85. The largest absolute Gasteiger partial charge is 0.463 e. The molecule has 1 amide bonds. The van der Waals surface area contributed by atoms with Gasteiger partial charge in [0.05, 0.1) is 6.26 Å². The minimum Gasteiger partial charge on any atom is -0.463 e. The molecule has 3 rings (SSSR count). The first-order chi connectivity index (χ1) is 8.78. The molecule has 1 fully saturated rings. The Balaban J connectivity index is 1.86. The Kier molecular flexibility index (Phi) is 2.76. The minimum atomic E-state index is 0.111. The van der Waals surface area contributed by atoms with Gasteiger partial charge in [-0.25, -0.2) is 4.98 Å². The zero-order chi connectivity index (χ0) is 12.5. The van der Waals surface area contributed by atoms with Crippen LogP contribution in [0.3, 0.4) is 0 Å². The molecule has 5 heteroatoms. The van der Waals surface area contributed by atoms with Gasteiger partial charge in [0.1, 0.15) is 5.69 Å². The SMILES string of the molecule is C=CC1CC(=O)N(c2nc(-c3ccco3)cs2)C1. The van der Waals surface area contributed by atoms with Crippen molar-refractivity contribution in [2.75, 3.05) is 11.4 Å². The molecule has 0 N–H and O–H groups in total. The number of rotatable bonds is 3. The summed E-state index contributed by atoms with van der Waals surface area (Å²) in [7, 11) is 0. The molecule has 4 nitrogen and oxygen atoms in total. The molecule has 18 heavy (non-hydrogen) atoms. The fourth-order valence-corrected chi connectivity index (χ4v) is 2.84. The molecule has 92 valence electrons. The van der Waals surface area contributed by atoms with E-state index in [9.17, 15) is 4.79 Å². The van der Waals surface area contributed by atoms with Crippen molar-refractivity contribution < 1.29 is 9.21 Å². The Labute approximate surface area is 109 Å². The molecule has 3 heterocycles. The zero-order valence-electron chi connectivity index (χ0n) is 9.70. The Bertz CT molecular complexity index is 574. The van der Waals surface area contributed by atoms with Crippen LogP contribution >= 0.6 is 11.3 Å². The van der Waals surface area contributed by atoms with Crippen LogP contribution in [0.2, 0.25) is 0 Å². The number of aromatic nitrogens is 1. The minimum absolute atomic E-state index is 0.111. The molecule has 2 aromatic heterocycles. The summed E-state index contributed by atoms with van der Waals surface area (Å²) in [6.45, 7) is 4.41. The van der Waals surface area contributed by atoms with Crippen molar-refractivity contribution in [3.05, 3.63) is 36.4 Å². The maximum Gasteiger partial charge on any atom is 0.229 e. The first kappa shape index (κ1) is 11.2. The van der Waals surface area contributed by atoms with E-state index in [1.165, 1.54) is 11.3 Å². The van der Waals surface area contributed by atoms with Gasteiger partial charge < -0.3 is 4.42 Å². The maximum atomic E-state index is 11.9. The average Bonchev–Trinajstić information content (AvgIpc) is 3.08. The summed E-state index contributed by atoms with van der Waals surface area (Å²) in [4.78, 5) is 18.0. The van der Waals surface area contributed by atoms with Crippen LogP contribution in [0.15, 0.2) is 40.8 Å². The second-order valence-corrected chi connectivity index (χ2v) is 5.03. The standard InChI is InChI=1S/C13H12N2O2S/c1-2-9-6-12(16)15(7-9)13-14-10(8-18-13)11-4-3-5-17-11/h2-5,8-9H,1,6-7H2. The Morgan fingerprint density at radius 3 is 3.17 bits per heavy atom. The predicted molar refractivity (Wildman–Crippen MR) is 70.5 cm³/mol. The van der Waals surface area contributed by atoms with Gasteiger partial charge in [-0.15, -0.1) is 17.9 Å². The lowest BCUT2D eigenvalue weighted by Gasteiger charge is -2.11. The molecule has 1 aliphatic rings. The van der Waals surface area contributed by atoms with E-state index in [1.807, 2.05) is 23.6 Å². The van der Waals surface area contributed by atoms with E-state index in [0.717, 1.165) is 16.6 Å². The second kappa shape index (κ2) is 4.42. The first-order valence-corrected chi connectivity index (χ1v) is 6.58. The Morgan fingerprint density at radius 2 is 2.50 bits per heavy atom. The second-order valence-electron chi connectivity index (χ2n) is 4.20. The molecule has 2 aromatic rings. The first-order valence-electron chi connectivity index (χ1n) is 5.70. The lowest BCUT2D eigenvalue weighted by molar-refractivity contribution is -0.117. The number of hydrogen-bond donors (Lipinski definition) is 0. The number of furan rings is 1. The number of hydrogen-bond acceptors (Lipinski definition) is 4. The monoisotopic (exact) mass is 260 g/mol. The molecule has 1 aliphatic heterocycles. The number of amides is 1. The topological polar surface area (TPSA) is 46.3 Å². The highest BCUT2D eigenvalue weighted by Crippen LogP contribution is 2.31. The van der Waals surface area contributed by atoms with Crippen molar-refractivity contribution in [3.8, 4) is 11.5 Å². The normalized spacial score (nSPS) is 19.4. The van der Waals surface area contributed by atoms with Crippen molar-refractivity contribution >= 4 is 22.4 Å². The summed E-state index contributed by atoms with van der Waals surface area (Å²) in [6, 6.07) is 3.68. The summed E-state index contributed by atoms with van der Waals surface area (Å²) >= 11 is 1.46. The molecular formula is C13H12N2O2S. The molecule has 1 saturated heterocycles. The third kappa shape index (κ3) is 1.86. The van der Waals surface area contributed by atoms with Crippen molar-refractivity contribution in [2.24, 2.45) is 5.92 Å². The van der Waals surface area contributed by atoms with E-state index in [2.05, 4.69) is 11.6 Å². The van der Waals surface area contributed by atoms with Crippen LogP contribution < -0.4 is 4.90 Å². The number of carbonyl (C=O) groups excluding carboxylic acids is 1. The molecule has 0 bridgehead atoms. The molecule has 0 aliphatic carbocycles. The highest BCUT2D eigenvalue weighted by Gasteiger charge is 2.30. The van der Waals surface area contributed by atoms with Crippen molar-refractivity contribution in [3.63, 3.8) is 0 Å². The molecular weight excluding hydrogens is 248 g/mol. The van der Waals surface area contributed by atoms with E-state index < -0.39 is 0 Å². The van der Waals surface area contributed by atoms with E-state index >= 15 is 0 Å². The lowest BCUT2D eigenvalue weighted by Crippen LogP contribution is -2.24. The summed E-state index contributed by atoms with van der Waals surface area (Å²) in [5.74, 6) is 1.07. The fraction of sp³-hybridized carbons (Fsp3) is 0.231. The number of nitrogens with zero attached hydrogens (tertiary/aromatic N) is 2. The van der Waals surface area contributed by atoms with Crippen molar-refractivity contribution in [1.82, 2.24) is 4.98 Å². The van der Waals surface area contributed by atoms with Crippen LogP contribution in [0.5, 0.6) is 0 Å². The molecule has 0 spiro atoms. The van der Waals surface area contributed by atoms with Gasteiger partial charge in [-0.05, 0) is 12.1 Å². The predicted octanol–water partition coefficient (Wildman–Crippen LogP) is 2.94. The molecule has 1 unspecified atom stereocenters. The highest BCUT2D eigenvalue weighted by molar-refractivity contribution is 7.14. The van der Waals surface area contributed by atoms with Gasteiger partial charge in [0.15, 0.2) is 10.9 Å². The summed E-state index contributed by atoms with van der Waals surface area (Å²) in [5, 5.41) is 2.64. The van der Waals surface area contributed by atoms with E-state index in [0.29, 0.717) is 13.0 Å². The third-order valence-electron chi connectivity index (χ3n) is 2.98. The molecule has 0 aromatic carbocycles. The fourth-order valence-electron chi connectivity index (χ4n) is 2.00. The van der Waals surface area contributed by atoms with Gasteiger partial charge in [-0.3, -0.25) is 9.69 Å².